The van der Waals surface area contributed by atoms with Crippen LogP contribution >= 0.6 is 12.4 Å². The Morgan fingerprint density at radius 1 is 1.26 bits per heavy atom. The Labute approximate surface area is 165 Å². The van der Waals surface area contributed by atoms with E-state index in [0.29, 0.717) is 42.4 Å². The summed E-state index contributed by atoms with van der Waals surface area (Å²) in [5.74, 6) is 0.727. The molecule has 8 nitrogen and oxygen atoms in total. The second kappa shape index (κ2) is 10.2. The second-order valence-electron chi connectivity index (χ2n) is 6.35. The molecule has 0 saturated carbocycles. The van der Waals surface area contributed by atoms with E-state index in [2.05, 4.69) is 5.32 Å². The third-order valence-electron chi connectivity index (χ3n) is 4.36. The summed E-state index contributed by atoms with van der Waals surface area (Å²) in [4.78, 5) is 26.3. The van der Waals surface area contributed by atoms with Gasteiger partial charge in [0, 0.05) is 37.7 Å². The molecule has 2 rings (SSSR count). The van der Waals surface area contributed by atoms with Gasteiger partial charge in [-0.25, -0.2) is 0 Å². The molecule has 1 heterocycles. The van der Waals surface area contributed by atoms with Crippen LogP contribution in [0.4, 0.5) is 5.69 Å². The van der Waals surface area contributed by atoms with Crippen molar-refractivity contribution in [2.24, 2.45) is 11.7 Å². The summed E-state index contributed by atoms with van der Waals surface area (Å²) in [7, 11) is 4.55. The molecule has 0 aliphatic carbocycles. The first-order chi connectivity index (χ1) is 12.4. The fraction of sp³-hybridized carbons (Fsp3) is 0.556. The maximum atomic E-state index is 12.4. The summed E-state index contributed by atoms with van der Waals surface area (Å²) < 4.78 is 16.0. The molecule has 3 N–H and O–H groups in total. The Hall–Kier alpha value is -2.19. The quantitative estimate of drug-likeness (QED) is 0.681. The van der Waals surface area contributed by atoms with Crippen molar-refractivity contribution in [2.75, 3.05) is 39.3 Å². The van der Waals surface area contributed by atoms with Crippen LogP contribution in [0.5, 0.6) is 17.2 Å². The molecule has 1 aromatic carbocycles. The molecule has 9 heteroatoms. The number of nitrogens with zero attached hydrogens (tertiary/aromatic N) is 1. The molecule has 1 aliphatic heterocycles. The van der Waals surface area contributed by atoms with E-state index < -0.39 is 5.92 Å². The van der Waals surface area contributed by atoms with Crippen molar-refractivity contribution in [3.05, 3.63) is 12.1 Å². The molecular formula is C18H28ClN3O5. The summed E-state index contributed by atoms with van der Waals surface area (Å²) in [5, 5.41) is 2.84. The molecule has 0 radical (unpaired) electrons. The zero-order chi connectivity index (χ0) is 19.3. The molecule has 0 aromatic heterocycles. The predicted molar refractivity (Wildman–Crippen MR) is 105 cm³/mol. The van der Waals surface area contributed by atoms with Gasteiger partial charge in [-0.2, -0.15) is 0 Å². The van der Waals surface area contributed by atoms with Gasteiger partial charge in [-0.15, -0.1) is 12.4 Å². The Morgan fingerprint density at radius 2 is 1.85 bits per heavy atom. The van der Waals surface area contributed by atoms with Crippen molar-refractivity contribution in [2.45, 2.75) is 25.8 Å². The lowest BCUT2D eigenvalue weighted by molar-refractivity contribution is -0.126. The van der Waals surface area contributed by atoms with Crippen molar-refractivity contribution in [3.63, 3.8) is 0 Å². The number of anilines is 1. The maximum Gasteiger partial charge on any atom is 0.227 e. The van der Waals surface area contributed by atoms with Gasteiger partial charge in [0.1, 0.15) is 0 Å². The van der Waals surface area contributed by atoms with E-state index in [0.717, 1.165) is 0 Å². The number of hydrogen-bond donors (Lipinski definition) is 2. The van der Waals surface area contributed by atoms with Gasteiger partial charge in [-0.05, 0) is 13.3 Å². The van der Waals surface area contributed by atoms with Crippen molar-refractivity contribution in [1.82, 2.24) is 5.32 Å². The molecule has 2 unspecified atom stereocenters. The number of carbonyl (C=O) groups excluding carboxylic acids is 2. The van der Waals surface area contributed by atoms with Gasteiger partial charge >= 0.3 is 0 Å². The van der Waals surface area contributed by atoms with Crippen LogP contribution in [-0.2, 0) is 9.59 Å². The van der Waals surface area contributed by atoms with E-state index in [1.165, 1.54) is 21.3 Å². The Morgan fingerprint density at radius 3 is 2.33 bits per heavy atom. The van der Waals surface area contributed by atoms with Crippen LogP contribution < -0.4 is 30.2 Å². The number of rotatable bonds is 8. The topological polar surface area (TPSA) is 103 Å². The molecule has 0 bridgehead atoms. The number of amides is 2. The van der Waals surface area contributed by atoms with Gasteiger partial charge in [0.25, 0.3) is 0 Å². The zero-order valence-electron chi connectivity index (χ0n) is 16.1. The highest BCUT2D eigenvalue weighted by atomic mass is 35.5. The van der Waals surface area contributed by atoms with E-state index in [4.69, 9.17) is 19.9 Å². The number of nitrogens with one attached hydrogen (secondary N) is 1. The Balaban J connectivity index is 0.00000364. The van der Waals surface area contributed by atoms with Crippen molar-refractivity contribution in [1.29, 1.82) is 0 Å². The molecule has 1 saturated heterocycles. The SMILES string of the molecule is COc1cc(N2CC(C(=O)NCCC(C)N)CC2=O)cc(OC)c1OC.Cl. The average Bonchev–Trinajstić information content (AvgIpc) is 3.01. The smallest absolute Gasteiger partial charge is 0.227 e. The van der Waals surface area contributed by atoms with Crippen molar-refractivity contribution >= 4 is 29.9 Å². The minimum atomic E-state index is -0.394. The normalized spacial score (nSPS) is 17.1. The second-order valence-corrected chi connectivity index (χ2v) is 6.35. The number of methoxy groups -OCH3 is 3. The van der Waals surface area contributed by atoms with Gasteiger partial charge in [-0.3, -0.25) is 9.59 Å². The van der Waals surface area contributed by atoms with Gasteiger partial charge in [-0.1, -0.05) is 0 Å². The summed E-state index contributed by atoms with van der Waals surface area (Å²) in [5.41, 5.74) is 6.29. The van der Waals surface area contributed by atoms with E-state index in [9.17, 15) is 9.59 Å². The average molecular weight is 402 g/mol. The van der Waals surface area contributed by atoms with Crippen molar-refractivity contribution in [3.8, 4) is 17.2 Å². The standard InChI is InChI=1S/C18H27N3O5.ClH/c1-11(19)5-6-20-18(23)12-7-16(22)21(10-12)13-8-14(24-2)17(26-4)15(9-13)25-3;/h8-9,11-12H,5-7,10,19H2,1-4H3,(H,20,23);1H. The highest BCUT2D eigenvalue weighted by molar-refractivity contribution is 6.00. The number of halogens is 1. The monoisotopic (exact) mass is 401 g/mol. The fourth-order valence-electron chi connectivity index (χ4n) is 2.92. The van der Waals surface area contributed by atoms with Crippen molar-refractivity contribution < 1.29 is 23.8 Å². The first-order valence-corrected chi connectivity index (χ1v) is 8.54. The molecular weight excluding hydrogens is 374 g/mol. The lowest BCUT2D eigenvalue weighted by atomic mass is 10.1. The van der Waals surface area contributed by atoms with E-state index in [1.807, 2.05) is 6.92 Å². The van der Waals surface area contributed by atoms with Crippen LogP contribution in [-0.4, -0.2) is 52.3 Å². The van der Waals surface area contributed by atoms with Gasteiger partial charge < -0.3 is 30.2 Å². The number of ether oxygens (including phenoxy) is 3. The molecule has 1 aliphatic rings. The summed E-state index contributed by atoms with van der Waals surface area (Å²) >= 11 is 0. The van der Waals surface area contributed by atoms with Crippen LogP contribution in [0.1, 0.15) is 19.8 Å². The molecule has 0 spiro atoms. The largest absolute Gasteiger partial charge is 0.493 e. The molecule has 152 valence electrons. The lowest BCUT2D eigenvalue weighted by Crippen LogP contribution is -2.35. The van der Waals surface area contributed by atoms with E-state index >= 15 is 0 Å². The van der Waals surface area contributed by atoms with Crippen LogP contribution in [0, 0.1) is 5.92 Å². The van der Waals surface area contributed by atoms with Crippen LogP contribution in [0.25, 0.3) is 0 Å². The first kappa shape index (κ1) is 22.9. The van der Waals surface area contributed by atoms with Gasteiger partial charge in [0.15, 0.2) is 11.5 Å². The number of nitrogens with two attached hydrogens (primary N) is 1. The predicted octanol–water partition coefficient (Wildman–Crippen LogP) is 1.34. The third-order valence-corrected chi connectivity index (χ3v) is 4.36. The molecule has 1 aromatic rings. The summed E-state index contributed by atoms with van der Waals surface area (Å²) in [6.45, 7) is 2.70. The van der Waals surface area contributed by atoms with Crippen LogP contribution in [0.3, 0.4) is 0 Å². The fourth-order valence-corrected chi connectivity index (χ4v) is 2.92. The highest BCUT2D eigenvalue weighted by Crippen LogP contribution is 2.42. The number of hydrogen-bond acceptors (Lipinski definition) is 6. The van der Waals surface area contributed by atoms with E-state index in [1.54, 1.807) is 17.0 Å². The molecule has 27 heavy (non-hydrogen) atoms. The van der Waals surface area contributed by atoms with Gasteiger partial charge in [0.05, 0.1) is 32.9 Å². The number of benzene rings is 1. The highest BCUT2D eigenvalue weighted by Gasteiger charge is 2.35. The Bertz CT molecular complexity index is 643. The minimum absolute atomic E-state index is 0. The zero-order valence-corrected chi connectivity index (χ0v) is 16.9. The van der Waals surface area contributed by atoms with Crippen LogP contribution in [0.2, 0.25) is 0 Å². The van der Waals surface area contributed by atoms with Gasteiger partial charge in [0.2, 0.25) is 17.6 Å². The Kier molecular flexibility index (Phi) is 8.65. The first-order valence-electron chi connectivity index (χ1n) is 8.54. The summed E-state index contributed by atoms with van der Waals surface area (Å²) in [6.07, 6.45) is 0.865. The van der Waals surface area contributed by atoms with Crippen LogP contribution in [0.15, 0.2) is 12.1 Å². The molecule has 2 amide bonds. The maximum absolute atomic E-state index is 12.4. The molecule has 1 fully saturated rings. The summed E-state index contributed by atoms with van der Waals surface area (Å²) in [6, 6.07) is 3.43. The number of carbonyl (C=O) groups is 2. The minimum Gasteiger partial charge on any atom is -0.493 e. The third kappa shape index (κ3) is 5.40. The molecule has 2 atom stereocenters. The lowest BCUT2D eigenvalue weighted by Gasteiger charge is -2.20. The van der Waals surface area contributed by atoms with E-state index in [-0.39, 0.29) is 36.7 Å².